The number of hydrogen-bond donors (Lipinski definition) is 1. The molecule has 0 saturated carbocycles. The molecule has 4 rings (SSSR count). The van der Waals surface area contributed by atoms with E-state index in [0.29, 0.717) is 19.1 Å². The van der Waals surface area contributed by atoms with Crippen molar-refractivity contribution in [1.82, 2.24) is 9.88 Å². The summed E-state index contributed by atoms with van der Waals surface area (Å²) >= 11 is 1.69. The molecule has 1 N–H and O–H groups in total. The third-order valence-electron chi connectivity index (χ3n) is 5.19. The summed E-state index contributed by atoms with van der Waals surface area (Å²) in [7, 11) is 0. The van der Waals surface area contributed by atoms with Crippen molar-refractivity contribution in [3.63, 3.8) is 0 Å². The van der Waals surface area contributed by atoms with Crippen LogP contribution in [0, 0.1) is 18.7 Å². The van der Waals surface area contributed by atoms with Gasteiger partial charge in [-0.1, -0.05) is 6.07 Å². The molecule has 27 heavy (non-hydrogen) atoms. The number of thiazole rings is 1. The number of aromatic nitrogens is 1. The first-order valence-electron chi connectivity index (χ1n) is 9.45. The van der Waals surface area contributed by atoms with Gasteiger partial charge in [0.15, 0.2) is 0 Å². The van der Waals surface area contributed by atoms with Gasteiger partial charge in [-0.25, -0.2) is 9.37 Å². The van der Waals surface area contributed by atoms with E-state index in [1.807, 2.05) is 13.0 Å². The lowest BCUT2D eigenvalue weighted by Crippen LogP contribution is -2.44. The average Bonchev–Trinajstić information content (AvgIpc) is 3.17. The largest absolute Gasteiger partial charge is 0.385 e. The Bertz CT molecular complexity index is 771. The zero-order valence-corrected chi connectivity index (χ0v) is 16.4. The summed E-state index contributed by atoms with van der Waals surface area (Å²) in [5.74, 6) is 0.169. The standard InChI is InChI=1S/C20H26FN3O2S/c1-15-23-19(12-27-15)10-24-5-6-25-14-20(13-24)8-16(11-26-20)9-22-18-4-2-3-17(21)7-18/h2-4,7,12,16,22H,5-6,8-11,13-14H2,1H3/t16-,20+/m0/s1. The Morgan fingerprint density at radius 1 is 1.44 bits per heavy atom. The smallest absolute Gasteiger partial charge is 0.125 e. The molecule has 2 aliphatic heterocycles. The number of benzene rings is 1. The number of rotatable bonds is 5. The van der Waals surface area contributed by atoms with Crippen LogP contribution in [0.25, 0.3) is 0 Å². The lowest BCUT2D eigenvalue weighted by atomic mass is 9.94. The Labute approximate surface area is 163 Å². The first-order valence-corrected chi connectivity index (χ1v) is 10.3. The quantitative estimate of drug-likeness (QED) is 0.847. The van der Waals surface area contributed by atoms with Gasteiger partial charge < -0.3 is 14.8 Å². The molecule has 1 aromatic carbocycles. The minimum Gasteiger partial charge on any atom is -0.385 e. The van der Waals surface area contributed by atoms with E-state index in [-0.39, 0.29) is 11.4 Å². The van der Waals surface area contributed by atoms with Crippen LogP contribution in [0.5, 0.6) is 0 Å². The van der Waals surface area contributed by atoms with Gasteiger partial charge in [-0.2, -0.15) is 0 Å². The average molecular weight is 392 g/mol. The molecule has 2 saturated heterocycles. The van der Waals surface area contributed by atoms with Crippen LogP contribution in [0.15, 0.2) is 29.6 Å². The van der Waals surface area contributed by atoms with Gasteiger partial charge in [0.1, 0.15) is 11.4 Å². The van der Waals surface area contributed by atoms with Gasteiger partial charge >= 0.3 is 0 Å². The zero-order chi connectivity index (χ0) is 18.7. The molecule has 1 aromatic heterocycles. The van der Waals surface area contributed by atoms with Gasteiger partial charge in [0, 0.05) is 43.2 Å². The molecule has 2 aromatic rings. The molecule has 1 spiro atoms. The Morgan fingerprint density at radius 2 is 2.37 bits per heavy atom. The molecule has 7 heteroatoms. The first kappa shape index (κ1) is 18.8. The van der Waals surface area contributed by atoms with Crippen molar-refractivity contribution in [2.45, 2.75) is 25.5 Å². The molecule has 0 bridgehead atoms. The number of anilines is 1. The van der Waals surface area contributed by atoms with Crippen molar-refractivity contribution in [3.05, 3.63) is 46.2 Å². The van der Waals surface area contributed by atoms with E-state index in [4.69, 9.17) is 9.47 Å². The van der Waals surface area contributed by atoms with E-state index in [1.54, 1.807) is 17.4 Å². The second-order valence-electron chi connectivity index (χ2n) is 7.58. The van der Waals surface area contributed by atoms with Crippen LogP contribution >= 0.6 is 11.3 Å². The fourth-order valence-electron chi connectivity index (χ4n) is 3.97. The highest BCUT2D eigenvalue weighted by atomic mass is 32.1. The van der Waals surface area contributed by atoms with Crippen LogP contribution in [0.2, 0.25) is 0 Å². The molecule has 3 heterocycles. The first-order chi connectivity index (χ1) is 13.1. The molecular formula is C20H26FN3O2S. The summed E-state index contributed by atoms with van der Waals surface area (Å²) < 4.78 is 25.5. The molecular weight excluding hydrogens is 365 g/mol. The third-order valence-corrected chi connectivity index (χ3v) is 6.01. The van der Waals surface area contributed by atoms with Crippen LogP contribution in [-0.4, -0.2) is 54.9 Å². The van der Waals surface area contributed by atoms with Crippen molar-refractivity contribution in [2.75, 3.05) is 44.8 Å². The molecule has 0 amide bonds. The minimum atomic E-state index is -0.254. The predicted molar refractivity (Wildman–Crippen MR) is 105 cm³/mol. The maximum atomic E-state index is 13.3. The fraction of sp³-hybridized carbons (Fsp3) is 0.550. The molecule has 2 atom stereocenters. The van der Waals surface area contributed by atoms with Gasteiger partial charge in [-0.15, -0.1) is 11.3 Å². The summed E-state index contributed by atoms with van der Waals surface area (Å²) in [6.45, 7) is 7.47. The van der Waals surface area contributed by atoms with E-state index < -0.39 is 0 Å². The molecule has 2 fully saturated rings. The van der Waals surface area contributed by atoms with Gasteiger partial charge in [-0.05, 0) is 31.5 Å². The molecule has 0 unspecified atom stereocenters. The van der Waals surface area contributed by atoms with E-state index in [1.165, 1.54) is 12.1 Å². The molecule has 0 aliphatic carbocycles. The number of aryl methyl sites for hydroxylation is 1. The highest BCUT2D eigenvalue weighted by Crippen LogP contribution is 2.33. The summed E-state index contributed by atoms with van der Waals surface area (Å²) in [6, 6.07) is 6.60. The zero-order valence-electron chi connectivity index (χ0n) is 15.6. The lowest BCUT2D eigenvalue weighted by Gasteiger charge is -2.30. The van der Waals surface area contributed by atoms with Crippen LogP contribution < -0.4 is 5.32 Å². The van der Waals surface area contributed by atoms with Gasteiger partial charge in [-0.3, -0.25) is 4.90 Å². The van der Waals surface area contributed by atoms with Crippen molar-refractivity contribution in [1.29, 1.82) is 0 Å². The van der Waals surface area contributed by atoms with Crippen molar-refractivity contribution in [3.8, 4) is 0 Å². The summed E-state index contributed by atoms with van der Waals surface area (Å²) in [6.07, 6.45) is 0.946. The van der Waals surface area contributed by atoms with E-state index in [9.17, 15) is 4.39 Å². The maximum Gasteiger partial charge on any atom is 0.125 e. The van der Waals surface area contributed by atoms with Gasteiger partial charge in [0.25, 0.3) is 0 Å². The highest BCUT2D eigenvalue weighted by Gasteiger charge is 2.43. The number of nitrogens with one attached hydrogen (secondary N) is 1. The second kappa shape index (κ2) is 8.22. The van der Waals surface area contributed by atoms with Crippen molar-refractivity contribution in [2.24, 2.45) is 5.92 Å². The van der Waals surface area contributed by atoms with Crippen LogP contribution in [0.4, 0.5) is 10.1 Å². The van der Waals surface area contributed by atoms with E-state index in [0.717, 1.165) is 55.6 Å². The minimum absolute atomic E-state index is 0.218. The van der Waals surface area contributed by atoms with E-state index in [2.05, 4.69) is 20.6 Å². The highest BCUT2D eigenvalue weighted by molar-refractivity contribution is 7.09. The molecule has 0 radical (unpaired) electrons. The van der Waals surface area contributed by atoms with Gasteiger partial charge in [0.2, 0.25) is 0 Å². The lowest BCUT2D eigenvalue weighted by molar-refractivity contribution is -0.0563. The van der Waals surface area contributed by atoms with Gasteiger partial charge in [0.05, 0.1) is 30.5 Å². The predicted octanol–water partition coefficient (Wildman–Crippen LogP) is 3.31. The maximum absolute atomic E-state index is 13.3. The summed E-state index contributed by atoms with van der Waals surface area (Å²) in [5, 5.41) is 6.57. The van der Waals surface area contributed by atoms with Crippen LogP contribution in [0.1, 0.15) is 17.1 Å². The summed E-state index contributed by atoms with van der Waals surface area (Å²) in [5.41, 5.74) is 1.68. The molecule has 2 aliphatic rings. The Balaban J connectivity index is 1.34. The van der Waals surface area contributed by atoms with Crippen LogP contribution in [-0.2, 0) is 16.0 Å². The number of hydrogen-bond acceptors (Lipinski definition) is 6. The Hall–Kier alpha value is -1.54. The number of ether oxygens (including phenoxy) is 2. The number of nitrogens with zero attached hydrogens (tertiary/aromatic N) is 2. The van der Waals surface area contributed by atoms with Crippen LogP contribution in [0.3, 0.4) is 0 Å². The third kappa shape index (κ3) is 4.85. The summed E-state index contributed by atoms with van der Waals surface area (Å²) in [4.78, 5) is 6.98. The molecule has 5 nitrogen and oxygen atoms in total. The Kier molecular flexibility index (Phi) is 5.73. The van der Waals surface area contributed by atoms with Crippen molar-refractivity contribution >= 4 is 17.0 Å². The Morgan fingerprint density at radius 3 is 3.19 bits per heavy atom. The SMILES string of the molecule is Cc1nc(CN2CCOC[C@@]3(C[C@@H](CNc4cccc(F)c4)CO3)C2)cs1. The number of halogens is 1. The van der Waals surface area contributed by atoms with Crippen molar-refractivity contribution < 1.29 is 13.9 Å². The normalized spacial score (nSPS) is 26.4. The topological polar surface area (TPSA) is 46.6 Å². The second-order valence-corrected chi connectivity index (χ2v) is 8.64. The molecule has 146 valence electrons. The monoisotopic (exact) mass is 391 g/mol. The fourth-order valence-corrected chi connectivity index (χ4v) is 4.57. The van der Waals surface area contributed by atoms with E-state index >= 15 is 0 Å².